The molecule has 0 aliphatic heterocycles. The largest absolute Gasteiger partial charge is 0.494 e. The van der Waals surface area contributed by atoms with E-state index in [1.54, 1.807) is 0 Å². The first kappa shape index (κ1) is 33.2. The summed E-state index contributed by atoms with van der Waals surface area (Å²) in [7, 11) is -4.31. The molecule has 4 aromatic rings. The monoisotopic (exact) mass is 631 g/mol. The first-order valence-electron chi connectivity index (χ1n) is 14.9. The molecule has 1 atom stereocenters. The minimum Gasteiger partial charge on any atom is -0.494 e. The Bertz CT molecular complexity index is 1630. The first-order chi connectivity index (χ1) is 21.7. The number of hydrogen-bond acceptors (Lipinski definition) is 5. The maximum atomic E-state index is 14.4. The normalized spacial score (nSPS) is 11.8. The zero-order valence-corrected chi connectivity index (χ0v) is 26.3. The molecule has 8 nitrogen and oxygen atoms in total. The van der Waals surface area contributed by atoms with E-state index in [4.69, 9.17) is 4.74 Å². The zero-order chi connectivity index (χ0) is 32.2. The van der Waals surface area contributed by atoms with E-state index in [-0.39, 0.29) is 29.5 Å². The van der Waals surface area contributed by atoms with Crippen LogP contribution in [0.5, 0.6) is 5.75 Å². The van der Waals surface area contributed by atoms with Gasteiger partial charge in [0.25, 0.3) is 10.0 Å². The van der Waals surface area contributed by atoms with Crippen LogP contribution in [0.1, 0.15) is 31.4 Å². The zero-order valence-electron chi connectivity index (χ0n) is 25.4. The molecule has 10 heteroatoms. The third-order valence-electron chi connectivity index (χ3n) is 7.13. The fraction of sp³-hybridized carbons (Fsp3) is 0.257. The Labute approximate surface area is 264 Å². The van der Waals surface area contributed by atoms with Crippen molar-refractivity contribution >= 4 is 27.5 Å². The molecule has 0 spiro atoms. The van der Waals surface area contributed by atoms with Crippen molar-refractivity contribution in [2.24, 2.45) is 0 Å². The lowest BCUT2D eigenvalue weighted by atomic mass is 10.0. The van der Waals surface area contributed by atoms with Crippen LogP contribution in [0.4, 0.5) is 10.1 Å². The van der Waals surface area contributed by atoms with Gasteiger partial charge in [-0.05, 0) is 73.0 Å². The Balaban J connectivity index is 1.76. The molecular formula is C35H38FN3O5S. The number of halogens is 1. The van der Waals surface area contributed by atoms with Gasteiger partial charge < -0.3 is 15.0 Å². The van der Waals surface area contributed by atoms with Crippen molar-refractivity contribution in [3.8, 4) is 5.75 Å². The van der Waals surface area contributed by atoms with Gasteiger partial charge in [-0.25, -0.2) is 12.8 Å². The molecule has 0 radical (unpaired) electrons. The third kappa shape index (κ3) is 8.92. The molecule has 0 aliphatic carbocycles. The Morgan fingerprint density at radius 2 is 1.42 bits per heavy atom. The van der Waals surface area contributed by atoms with E-state index in [0.29, 0.717) is 25.3 Å². The smallest absolute Gasteiger partial charge is 0.264 e. The van der Waals surface area contributed by atoms with Crippen molar-refractivity contribution in [2.75, 3.05) is 24.0 Å². The van der Waals surface area contributed by atoms with Gasteiger partial charge in [0.05, 0.1) is 17.2 Å². The van der Waals surface area contributed by atoms with Crippen molar-refractivity contribution in [3.63, 3.8) is 0 Å². The quantitative estimate of drug-likeness (QED) is 0.185. The number of ether oxygens (including phenoxy) is 1. The molecule has 1 N–H and O–H groups in total. The summed E-state index contributed by atoms with van der Waals surface area (Å²) in [4.78, 5) is 29.4. The molecule has 2 amide bonds. The van der Waals surface area contributed by atoms with Gasteiger partial charge in [0.2, 0.25) is 11.8 Å². The van der Waals surface area contributed by atoms with Crippen LogP contribution in [0.25, 0.3) is 0 Å². The molecule has 0 fully saturated rings. The molecule has 45 heavy (non-hydrogen) atoms. The summed E-state index contributed by atoms with van der Waals surface area (Å²) in [5.74, 6) is -0.987. The number of anilines is 1. The highest BCUT2D eigenvalue weighted by molar-refractivity contribution is 7.92. The summed E-state index contributed by atoms with van der Waals surface area (Å²) in [6.07, 6.45) is 0.923. The summed E-state index contributed by atoms with van der Waals surface area (Å²) < 4.78 is 48.5. The average molecular weight is 632 g/mol. The minimum atomic E-state index is -4.31. The van der Waals surface area contributed by atoms with E-state index >= 15 is 0 Å². The van der Waals surface area contributed by atoms with Crippen LogP contribution >= 0.6 is 0 Å². The molecule has 0 saturated carbocycles. The van der Waals surface area contributed by atoms with Crippen LogP contribution in [0.2, 0.25) is 0 Å². The van der Waals surface area contributed by atoms with Gasteiger partial charge >= 0.3 is 0 Å². The Morgan fingerprint density at radius 3 is 2.00 bits per heavy atom. The molecule has 4 aromatic carbocycles. The summed E-state index contributed by atoms with van der Waals surface area (Å²) >= 11 is 0. The molecule has 4 rings (SSSR count). The SMILES string of the molecule is CCCNC(=O)[C@@H](Cc1ccccc1)N(Cc1ccccc1)C(=O)CN(c1ccc(F)cc1)S(=O)(=O)c1ccc(OCC)cc1. The lowest BCUT2D eigenvalue weighted by Crippen LogP contribution is -2.53. The fourth-order valence-electron chi connectivity index (χ4n) is 4.84. The number of carbonyl (C=O) groups is 2. The standard InChI is InChI=1S/C35H38FN3O5S/c1-3-23-37-35(41)33(24-27-11-7-5-8-12-27)38(25-28-13-9-6-10-14-28)34(40)26-39(30-17-15-29(36)16-18-30)45(42,43)32-21-19-31(20-22-32)44-4-2/h5-22,33H,3-4,23-26H2,1-2H3,(H,37,41)/t33-/m1/s1. The van der Waals surface area contributed by atoms with E-state index < -0.39 is 34.3 Å². The van der Waals surface area contributed by atoms with Gasteiger partial charge in [-0.2, -0.15) is 0 Å². The van der Waals surface area contributed by atoms with Gasteiger partial charge in [0.15, 0.2) is 0 Å². The number of nitrogens with one attached hydrogen (secondary N) is 1. The van der Waals surface area contributed by atoms with Gasteiger partial charge in [0.1, 0.15) is 24.2 Å². The van der Waals surface area contributed by atoms with Gasteiger partial charge in [-0.1, -0.05) is 67.6 Å². The highest BCUT2D eigenvalue weighted by Crippen LogP contribution is 2.26. The van der Waals surface area contributed by atoms with Crippen molar-refractivity contribution in [1.82, 2.24) is 10.2 Å². The fourth-order valence-corrected chi connectivity index (χ4v) is 6.25. The molecule has 0 heterocycles. The number of amides is 2. The van der Waals surface area contributed by atoms with Crippen LogP contribution in [-0.4, -0.2) is 50.9 Å². The number of hydrogen-bond donors (Lipinski definition) is 1. The lowest BCUT2D eigenvalue weighted by molar-refractivity contribution is -0.140. The number of rotatable bonds is 15. The third-order valence-corrected chi connectivity index (χ3v) is 8.92. The topological polar surface area (TPSA) is 96.0 Å². The second-order valence-electron chi connectivity index (χ2n) is 10.4. The van der Waals surface area contributed by atoms with Crippen molar-refractivity contribution in [3.05, 3.63) is 126 Å². The second kappa shape index (κ2) is 15.9. The number of carbonyl (C=O) groups excluding carboxylic acids is 2. The molecule has 236 valence electrons. The molecule has 0 aromatic heterocycles. The highest BCUT2D eigenvalue weighted by Gasteiger charge is 2.34. The van der Waals surface area contributed by atoms with Gasteiger partial charge in [-0.15, -0.1) is 0 Å². The molecule has 0 saturated heterocycles. The maximum absolute atomic E-state index is 14.4. The average Bonchev–Trinajstić information content (AvgIpc) is 3.06. The Morgan fingerprint density at radius 1 is 0.822 bits per heavy atom. The summed E-state index contributed by atoms with van der Waals surface area (Å²) in [5, 5.41) is 2.92. The summed E-state index contributed by atoms with van der Waals surface area (Å²) in [6, 6.07) is 28.4. The predicted molar refractivity (Wildman–Crippen MR) is 173 cm³/mol. The van der Waals surface area contributed by atoms with Crippen molar-refractivity contribution in [2.45, 2.75) is 44.2 Å². The van der Waals surface area contributed by atoms with E-state index in [1.807, 2.05) is 74.5 Å². The summed E-state index contributed by atoms with van der Waals surface area (Å²) in [6.45, 7) is 4.03. The van der Waals surface area contributed by atoms with Crippen LogP contribution in [0.3, 0.4) is 0 Å². The van der Waals surface area contributed by atoms with E-state index in [9.17, 15) is 22.4 Å². The van der Waals surface area contributed by atoms with Crippen LogP contribution in [-0.2, 0) is 32.6 Å². The van der Waals surface area contributed by atoms with Gasteiger partial charge in [-0.3, -0.25) is 13.9 Å². The molecule has 0 bridgehead atoms. The second-order valence-corrected chi connectivity index (χ2v) is 12.3. The van der Waals surface area contributed by atoms with Crippen LogP contribution < -0.4 is 14.4 Å². The van der Waals surface area contributed by atoms with E-state index in [2.05, 4.69) is 5.32 Å². The number of sulfonamides is 1. The maximum Gasteiger partial charge on any atom is 0.264 e. The minimum absolute atomic E-state index is 0.0665. The summed E-state index contributed by atoms with van der Waals surface area (Å²) in [5.41, 5.74) is 1.72. The highest BCUT2D eigenvalue weighted by atomic mass is 32.2. The predicted octanol–water partition coefficient (Wildman–Crippen LogP) is 5.59. The Hall–Kier alpha value is -4.70. The van der Waals surface area contributed by atoms with Crippen LogP contribution in [0.15, 0.2) is 114 Å². The number of nitrogens with zero attached hydrogens (tertiary/aromatic N) is 2. The molecule has 0 unspecified atom stereocenters. The van der Waals surface area contributed by atoms with E-state index in [0.717, 1.165) is 27.6 Å². The number of benzene rings is 4. The molecule has 0 aliphatic rings. The Kier molecular flexibility index (Phi) is 11.7. The van der Waals surface area contributed by atoms with E-state index in [1.165, 1.54) is 41.3 Å². The van der Waals surface area contributed by atoms with Gasteiger partial charge in [0, 0.05) is 19.5 Å². The van der Waals surface area contributed by atoms with Crippen molar-refractivity contribution < 1.29 is 27.1 Å². The first-order valence-corrected chi connectivity index (χ1v) is 16.3. The van der Waals surface area contributed by atoms with Crippen molar-refractivity contribution in [1.29, 1.82) is 0 Å². The van der Waals surface area contributed by atoms with Crippen LogP contribution in [0, 0.1) is 5.82 Å². The molecular weight excluding hydrogens is 593 g/mol. The lowest BCUT2D eigenvalue weighted by Gasteiger charge is -2.34.